The van der Waals surface area contributed by atoms with E-state index in [2.05, 4.69) is 0 Å². The molecule has 0 radical (unpaired) electrons. The van der Waals surface area contributed by atoms with E-state index in [4.69, 9.17) is 4.74 Å². The molecular weight excluding hydrogens is 428 g/mol. The average molecular weight is 461 g/mol. The first-order chi connectivity index (χ1) is 15.1. The molecule has 0 spiro atoms. The average Bonchev–Trinajstić information content (AvgIpc) is 2.75. The van der Waals surface area contributed by atoms with Crippen molar-refractivity contribution in [2.45, 2.75) is 44.7 Å². The molecule has 2 aromatic carbocycles. The number of aliphatic hydroxyl groups is 1. The lowest BCUT2D eigenvalue weighted by atomic mass is 10.00. The molecule has 1 aliphatic heterocycles. The van der Waals surface area contributed by atoms with Crippen LogP contribution in [0.25, 0.3) is 11.1 Å². The van der Waals surface area contributed by atoms with Gasteiger partial charge in [0.2, 0.25) is 15.9 Å². The van der Waals surface area contributed by atoms with Gasteiger partial charge < -0.3 is 14.7 Å². The highest BCUT2D eigenvalue weighted by Gasteiger charge is 2.38. The Labute approximate surface area is 190 Å². The van der Waals surface area contributed by atoms with Gasteiger partial charge in [0.25, 0.3) is 0 Å². The van der Waals surface area contributed by atoms with Crippen LogP contribution in [0.5, 0.6) is 5.75 Å². The Hall–Kier alpha value is -2.42. The number of carbonyl (C=O) groups excluding carboxylic acids is 1. The maximum Gasteiger partial charge on any atom is 0.247 e. The molecule has 0 fully saturated rings. The molecule has 0 saturated carbocycles. The largest absolute Gasteiger partial charge is 0.487 e. The zero-order chi connectivity index (χ0) is 23.6. The molecule has 7 nitrogen and oxygen atoms in total. The lowest BCUT2D eigenvalue weighted by Gasteiger charge is -2.37. The van der Waals surface area contributed by atoms with Gasteiger partial charge in [0, 0.05) is 32.5 Å². The van der Waals surface area contributed by atoms with Crippen LogP contribution >= 0.6 is 0 Å². The Morgan fingerprint density at radius 2 is 1.97 bits per heavy atom. The summed E-state index contributed by atoms with van der Waals surface area (Å²) in [6, 6.07) is 12.4. The molecule has 0 aliphatic carbocycles. The van der Waals surface area contributed by atoms with E-state index in [1.807, 2.05) is 38.1 Å². The van der Waals surface area contributed by atoms with Gasteiger partial charge in [-0.3, -0.25) is 4.79 Å². The molecule has 3 atom stereocenters. The van der Waals surface area contributed by atoms with Crippen molar-refractivity contribution in [1.29, 1.82) is 0 Å². The van der Waals surface area contributed by atoms with E-state index in [0.717, 1.165) is 16.7 Å². The summed E-state index contributed by atoms with van der Waals surface area (Å²) in [5.41, 5.74) is 2.91. The molecule has 0 aromatic heterocycles. The molecular formula is C24H32N2O5S. The Kier molecular flexibility index (Phi) is 7.27. The maximum atomic E-state index is 13.5. The number of benzene rings is 2. The fourth-order valence-corrected chi connectivity index (χ4v) is 5.73. The number of aliphatic hydroxyl groups excluding tert-OH is 1. The van der Waals surface area contributed by atoms with Crippen molar-refractivity contribution < 1.29 is 23.1 Å². The minimum absolute atomic E-state index is 0.0671. The summed E-state index contributed by atoms with van der Waals surface area (Å²) in [6.07, 6.45) is -0.418. The van der Waals surface area contributed by atoms with Gasteiger partial charge in [-0.2, -0.15) is 4.31 Å². The molecule has 174 valence electrons. The second-order valence-corrected chi connectivity index (χ2v) is 10.5. The lowest BCUT2D eigenvalue weighted by Crippen LogP contribution is -2.50. The SMILES string of the molecule is CC(=O)N(C)C[C@H]1Oc2cc(-c3ccccc3C)ccc2S(=O)(=O)N([C@@H](C)CO)C[C@@H]1C. The van der Waals surface area contributed by atoms with E-state index in [9.17, 15) is 18.3 Å². The number of ether oxygens (including phenoxy) is 1. The number of amides is 1. The molecule has 32 heavy (non-hydrogen) atoms. The van der Waals surface area contributed by atoms with Crippen LogP contribution in [0.3, 0.4) is 0 Å². The summed E-state index contributed by atoms with van der Waals surface area (Å²) in [6.45, 7) is 7.29. The predicted molar refractivity (Wildman–Crippen MR) is 124 cm³/mol. The van der Waals surface area contributed by atoms with Crippen molar-refractivity contribution in [2.75, 3.05) is 26.7 Å². The van der Waals surface area contributed by atoms with Crippen molar-refractivity contribution in [1.82, 2.24) is 9.21 Å². The third-order valence-corrected chi connectivity index (χ3v) is 8.13. The number of fused-ring (bicyclic) bond motifs is 1. The van der Waals surface area contributed by atoms with Gasteiger partial charge in [0.1, 0.15) is 16.7 Å². The molecule has 1 heterocycles. The molecule has 0 unspecified atom stereocenters. The highest BCUT2D eigenvalue weighted by Crippen LogP contribution is 2.37. The normalized spacial score (nSPS) is 21.6. The van der Waals surface area contributed by atoms with Gasteiger partial charge in [-0.15, -0.1) is 0 Å². The van der Waals surface area contributed by atoms with Crippen LogP contribution < -0.4 is 4.74 Å². The smallest absolute Gasteiger partial charge is 0.247 e. The number of nitrogens with zero attached hydrogens (tertiary/aromatic N) is 2. The van der Waals surface area contributed by atoms with Gasteiger partial charge in [-0.05, 0) is 42.7 Å². The van der Waals surface area contributed by atoms with Crippen LogP contribution in [0.1, 0.15) is 26.3 Å². The zero-order valence-corrected chi connectivity index (χ0v) is 20.1. The quantitative estimate of drug-likeness (QED) is 0.741. The van der Waals surface area contributed by atoms with Crippen LogP contribution in [0.2, 0.25) is 0 Å². The maximum absolute atomic E-state index is 13.5. The first-order valence-electron chi connectivity index (χ1n) is 10.8. The van der Waals surface area contributed by atoms with E-state index in [0.29, 0.717) is 6.54 Å². The highest BCUT2D eigenvalue weighted by atomic mass is 32.2. The summed E-state index contributed by atoms with van der Waals surface area (Å²) in [7, 11) is -2.20. The van der Waals surface area contributed by atoms with E-state index in [-0.39, 0.29) is 35.6 Å². The topological polar surface area (TPSA) is 87.2 Å². The molecule has 8 heteroatoms. The monoisotopic (exact) mass is 460 g/mol. The van der Waals surface area contributed by atoms with E-state index < -0.39 is 22.2 Å². The molecule has 0 bridgehead atoms. The fourth-order valence-electron chi connectivity index (χ4n) is 3.91. The number of sulfonamides is 1. The highest BCUT2D eigenvalue weighted by molar-refractivity contribution is 7.89. The Bertz CT molecular complexity index is 1090. The second-order valence-electron chi connectivity index (χ2n) is 8.62. The van der Waals surface area contributed by atoms with Crippen molar-refractivity contribution in [3.8, 4) is 16.9 Å². The van der Waals surface area contributed by atoms with Gasteiger partial charge in [0.15, 0.2) is 0 Å². The molecule has 1 amide bonds. The summed E-state index contributed by atoms with van der Waals surface area (Å²) < 4.78 is 34.7. The van der Waals surface area contributed by atoms with Crippen LogP contribution in [-0.4, -0.2) is 67.5 Å². The number of rotatable bonds is 5. The Morgan fingerprint density at radius 3 is 2.59 bits per heavy atom. The predicted octanol–water partition coefficient (Wildman–Crippen LogP) is 2.91. The first kappa shape index (κ1) is 24.2. The summed E-state index contributed by atoms with van der Waals surface area (Å²) in [4.78, 5) is 13.5. The fraction of sp³-hybridized carbons (Fsp3) is 0.458. The van der Waals surface area contributed by atoms with Crippen molar-refractivity contribution >= 4 is 15.9 Å². The summed E-state index contributed by atoms with van der Waals surface area (Å²) in [5, 5.41) is 9.73. The standard InChI is InChI=1S/C24H32N2O5S/c1-16-8-6-7-9-21(16)20-10-11-24-22(12-20)31-23(14-25(5)19(4)28)17(2)13-26(18(3)15-27)32(24,29)30/h6-12,17-18,23,27H,13-15H2,1-5H3/t17-,18-,23+/m0/s1. The number of likely N-dealkylation sites (N-methyl/N-ethyl adjacent to an activating group) is 1. The number of aryl methyl sites for hydroxylation is 1. The molecule has 3 rings (SSSR count). The van der Waals surface area contributed by atoms with Crippen LogP contribution in [0.15, 0.2) is 47.4 Å². The van der Waals surface area contributed by atoms with Gasteiger partial charge in [0.05, 0.1) is 13.2 Å². The van der Waals surface area contributed by atoms with E-state index in [1.54, 1.807) is 37.1 Å². The van der Waals surface area contributed by atoms with Gasteiger partial charge >= 0.3 is 0 Å². The molecule has 0 saturated heterocycles. The van der Waals surface area contributed by atoms with E-state index in [1.165, 1.54) is 11.2 Å². The molecule has 2 aromatic rings. The summed E-state index contributed by atoms with van der Waals surface area (Å²) in [5.74, 6) is -0.0461. The Balaban J connectivity index is 2.16. The van der Waals surface area contributed by atoms with Crippen molar-refractivity contribution in [2.24, 2.45) is 5.92 Å². The van der Waals surface area contributed by atoms with Crippen LogP contribution in [0.4, 0.5) is 0 Å². The minimum atomic E-state index is -3.90. The van der Waals surface area contributed by atoms with Crippen LogP contribution in [-0.2, 0) is 14.8 Å². The third kappa shape index (κ3) is 4.82. The lowest BCUT2D eigenvalue weighted by molar-refractivity contribution is -0.129. The third-order valence-electron chi connectivity index (χ3n) is 6.11. The number of carbonyl (C=O) groups is 1. The van der Waals surface area contributed by atoms with Gasteiger partial charge in [-0.1, -0.05) is 37.3 Å². The number of hydrogen-bond acceptors (Lipinski definition) is 5. The molecule has 1 aliphatic rings. The van der Waals surface area contributed by atoms with Crippen molar-refractivity contribution in [3.63, 3.8) is 0 Å². The molecule has 1 N–H and O–H groups in total. The first-order valence-corrected chi connectivity index (χ1v) is 12.2. The minimum Gasteiger partial charge on any atom is -0.487 e. The van der Waals surface area contributed by atoms with E-state index >= 15 is 0 Å². The Morgan fingerprint density at radius 1 is 1.28 bits per heavy atom. The zero-order valence-electron chi connectivity index (χ0n) is 19.3. The van der Waals surface area contributed by atoms with Gasteiger partial charge in [-0.25, -0.2) is 8.42 Å². The number of hydrogen-bond donors (Lipinski definition) is 1. The second kappa shape index (κ2) is 9.60. The van der Waals surface area contributed by atoms with Crippen LogP contribution in [0, 0.1) is 12.8 Å². The summed E-state index contributed by atoms with van der Waals surface area (Å²) >= 11 is 0. The van der Waals surface area contributed by atoms with Crippen molar-refractivity contribution in [3.05, 3.63) is 48.0 Å².